The van der Waals surface area contributed by atoms with Gasteiger partial charge in [0.1, 0.15) is 0 Å². The SMILES string of the molecule is Cc1ccc(C(=O)O[C@H](C)C(=O)N[C@H]2CCCC[C@H]2C)cc1S(=O)(=O)N1CCOCC1. The molecule has 0 bridgehead atoms. The Kier molecular flexibility index (Phi) is 7.72. The summed E-state index contributed by atoms with van der Waals surface area (Å²) in [6.45, 7) is 6.55. The van der Waals surface area contributed by atoms with E-state index in [1.807, 2.05) is 0 Å². The monoisotopic (exact) mass is 452 g/mol. The van der Waals surface area contributed by atoms with Crippen molar-refractivity contribution in [1.29, 1.82) is 0 Å². The van der Waals surface area contributed by atoms with Crippen molar-refractivity contribution in [2.45, 2.75) is 63.5 Å². The minimum absolute atomic E-state index is 0.0667. The molecule has 1 saturated carbocycles. The number of hydrogen-bond donors (Lipinski definition) is 1. The highest BCUT2D eigenvalue weighted by molar-refractivity contribution is 7.89. The van der Waals surface area contributed by atoms with Crippen molar-refractivity contribution in [3.8, 4) is 0 Å². The number of benzene rings is 1. The molecule has 8 nitrogen and oxygen atoms in total. The van der Waals surface area contributed by atoms with Crippen LogP contribution in [0.3, 0.4) is 0 Å². The van der Waals surface area contributed by atoms with Gasteiger partial charge >= 0.3 is 5.97 Å². The summed E-state index contributed by atoms with van der Waals surface area (Å²) in [5.41, 5.74) is 0.642. The van der Waals surface area contributed by atoms with Gasteiger partial charge in [-0.1, -0.05) is 25.8 Å². The van der Waals surface area contributed by atoms with E-state index in [0.29, 0.717) is 24.7 Å². The zero-order chi connectivity index (χ0) is 22.6. The van der Waals surface area contributed by atoms with Crippen LogP contribution in [0.4, 0.5) is 0 Å². The Morgan fingerprint density at radius 3 is 2.55 bits per heavy atom. The first kappa shape index (κ1) is 23.7. The molecule has 1 aliphatic carbocycles. The number of ether oxygens (including phenoxy) is 2. The quantitative estimate of drug-likeness (QED) is 0.665. The molecule has 0 radical (unpaired) electrons. The lowest BCUT2D eigenvalue weighted by Gasteiger charge is -2.30. The van der Waals surface area contributed by atoms with Crippen LogP contribution in [0.5, 0.6) is 0 Å². The van der Waals surface area contributed by atoms with Gasteiger partial charge in [-0.25, -0.2) is 13.2 Å². The van der Waals surface area contributed by atoms with Crippen molar-refractivity contribution in [3.05, 3.63) is 29.3 Å². The van der Waals surface area contributed by atoms with Gasteiger partial charge in [0.25, 0.3) is 5.91 Å². The molecule has 1 aliphatic heterocycles. The van der Waals surface area contributed by atoms with Crippen LogP contribution in [-0.2, 0) is 24.3 Å². The summed E-state index contributed by atoms with van der Waals surface area (Å²) in [7, 11) is -3.75. The molecule has 1 saturated heterocycles. The van der Waals surface area contributed by atoms with E-state index in [1.54, 1.807) is 13.0 Å². The minimum atomic E-state index is -3.75. The molecular formula is C22H32N2O6S. The van der Waals surface area contributed by atoms with Crippen LogP contribution in [0, 0.1) is 12.8 Å². The molecule has 1 N–H and O–H groups in total. The number of rotatable bonds is 6. The summed E-state index contributed by atoms with van der Waals surface area (Å²) in [6, 6.07) is 4.52. The number of hydrogen-bond acceptors (Lipinski definition) is 6. The lowest BCUT2D eigenvalue weighted by molar-refractivity contribution is -0.130. The molecule has 0 unspecified atom stereocenters. The number of sulfonamides is 1. The molecule has 31 heavy (non-hydrogen) atoms. The van der Waals surface area contributed by atoms with Crippen LogP contribution >= 0.6 is 0 Å². The highest BCUT2D eigenvalue weighted by Crippen LogP contribution is 2.25. The third-order valence-electron chi connectivity index (χ3n) is 6.10. The first-order chi connectivity index (χ1) is 14.7. The molecule has 3 rings (SSSR count). The third-order valence-corrected chi connectivity index (χ3v) is 8.14. The van der Waals surface area contributed by atoms with E-state index in [0.717, 1.165) is 19.3 Å². The molecule has 9 heteroatoms. The Morgan fingerprint density at radius 2 is 1.87 bits per heavy atom. The predicted molar refractivity (Wildman–Crippen MR) is 115 cm³/mol. The number of aryl methyl sites for hydroxylation is 1. The summed E-state index contributed by atoms with van der Waals surface area (Å²) in [5.74, 6) is -0.663. The van der Waals surface area contributed by atoms with E-state index < -0.39 is 22.1 Å². The van der Waals surface area contributed by atoms with Crippen LogP contribution in [0.2, 0.25) is 0 Å². The van der Waals surface area contributed by atoms with Gasteiger partial charge in [-0.2, -0.15) is 4.31 Å². The van der Waals surface area contributed by atoms with E-state index in [2.05, 4.69) is 12.2 Å². The second-order valence-electron chi connectivity index (χ2n) is 8.42. The number of carbonyl (C=O) groups is 2. The summed E-state index contributed by atoms with van der Waals surface area (Å²) in [6.07, 6.45) is 3.27. The van der Waals surface area contributed by atoms with Gasteiger partial charge in [-0.05, 0) is 50.3 Å². The van der Waals surface area contributed by atoms with E-state index in [1.165, 1.54) is 29.8 Å². The standard InChI is InChI=1S/C22H32N2O6S/c1-15-6-4-5-7-19(15)23-21(25)17(3)30-22(26)18-9-8-16(2)20(14-18)31(27,28)24-10-12-29-13-11-24/h8-9,14-15,17,19H,4-7,10-13H2,1-3H3,(H,23,25)/t15-,17-,19+/m1/s1. The molecule has 172 valence electrons. The molecule has 0 aromatic heterocycles. The van der Waals surface area contributed by atoms with Crippen molar-refractivity contribution in [1.82, 2.24) is 9.62 Å². The van der Waals surface area contributed by atoms with Crippen molar-refractivity contribution < 1.29 is 27.5 Å². The first-order valence-corrected chi connectivity index (χ1v) is 12.3. The fourth-order valence-corrected chi connectivity index (χ4v) is 5.70. The molecule has 1 amide bonds. The Balaban J connectivity index is 1.68. The molecule has 1 aromatic rings. The second kappa shape index (κ2) is 10.1. The highest BCUT2D eigenvalue weighted by atomic mass is 32.2. The average molecular weight is 453 g/mol. The van der Waals surface area contributed by atoms with Crippen molar-refractivity contribution in [2.24, 2.45) is 5.92 Å². The number of esters is 1. The molecule has 2 aliphatic rings. The van der Waals surface area contributed by atoms with Crippen LogP contribution in [0.1, 0.15) is 55.5 Å². The van der Waals surface area contributed by atoms with E-state index >= 15 is 0 Å². The number of amides is 1. The molecule has 0 spiro atoms. The lowest BCUT2D eigenvalue weighted by Crippen LogP contribution is -2.46. The van der Waals surface area contributed by atoms with Gasteiger partial charge in [-0.15, -0.1) is 0 Å². The minimum Gasteiger partial charge on any atom is -0.449 e. The van der Waals surface area contributed by atoms with Gasteiger partial charge in [0.05, 0.1) is 23.7 Å². The van der Waals surface area contributed by atoms with Crippen LogP contribution in [0.15, 0.2) is 23.1 Å². The maximum Gasteiger partial charge on any atom is 0.338 e. The lowest BCUT2D eigenvalue weighted by atomic mass is 9.86. The zero-order valence-corrected chi connectivity index (χ0v) is 19.2. The van der Waals surface area contributed by atoms with E-state index in [9.17, 15) is 18.0 Å². The Labute approximate surface area is 184 Å². The van der Waals surface area contributed by atoms with Gasteiger partial charge in [0.2, 0.25) is 10.0 Å². The van der Waals surface area contributed by atoms with Gasteiger partial charge in [0, 0.05) is 19.1 Å². The average Bonchev–Trinajstić information content (AvgIpc) is 2.76. The van der Waals surface area contributed by atoms with Crippen LogP contribution in [0.25, 0.3) is 0 Å². The normalized spacial score (nSPS) is 23.7. The summed E-state index contributed by atoms with van der Waals surface area (Å²) in [5, 5.41) is 2.98. The van der Waals surface area contributed by atoms with Crippen molar-refractivity contribution in [2.75, 3.05) is 26.3 Å². The highest BCUT2D eigenvalue weighted by Gasteiger charge is 2.30. The molecule has 3 atom stereocenters. The van der Waals surface area contributed by atoms with Crippen molar-refractivity contribution in [3.63, 3.8) is 0 Å². The van der Waals surface area contributed by atoms with Crippen molar-refractivity contribution >= 4 is 21.9 Å². The largest absolute Gasteiger partial charge is 0.449 e. The van der Waals surface area contributed by atoms with Gasteiger partial charge in [0.15, 0.2) is 6.10 Å². The maximum atomic E-state index is 13.0. The molecule has 1 heterocycles. The smallest absolute Gasteiger partial charge is 0.338 e. The fourth-order valence-electron chi connectivity index (χ4n) is 4.04. The Hall–Kier alpha value is -1.97. The van der Waals surface area contributed by atoms with Gasteiger partial charge < -0.3 is 14.8 Å². The Morgan fingerprint density at radius 1 is 1.19 bits per heavy atom. The third kappa shape index (κ3) is 5.64. The first-order valence-electron chi connectivity index (χ1n) is 10.9. The fraction of sp³-hybridized carbons (Fsp3) is 0.636. The summed E-state index contributed by atoms with van der Waals surface area (Å²) >= 11 is 0. The predicted octanol–water partition coefficient (Wildman–Crippen LogP) is 2.26. The number of nitrogens with one attached hydrogen (secondary N) is 1. The van der Waals surface area contributed by atoms with Crippen LogP contribution in [-0.4, -0.2) is 63.0 Å². The van der Waals surface area contributed by atoms with E-state index in [-0.39, 0.29) is 35.5 Å². The number of carbonyl (C=O) groups excluding carboxylic acids is 2. The maximum absolute atomic E-state index is 13.0. The Bertz CT molecular complexity index is 911. The van der Waals surface area contributed by atoms with E-state index in [4.69, 9.17) is 9.47 Å². The topological polar surface area (TPSA) is 102 Å². The summed E-state index contributed by atoms with van der Waals surface area (Å²) < 4.78 is 38.0. The van der Waals surface area contributed by atoms with Crippen LogP contribution < -0.4 is 5.32 Å². The summed E-state index contributed by atoms with van der Waals surface area (Å²) in [4.78, 5) is 25.2. The number of nitrogens with zero attached hydrogens (tertiary/aromatic N) is 1. The second-order valence-corrected chi connectivity index (χ2v) is 10.3. The molecular weight excluding hydrogens is 420 g/mol. The molecule has 1 aromatic carbocycles. The zero-order valence-electron chi connectivity index (χ0n) is 18.4. The van der Waals surface area contributed by atoms with Gasteiger partial charge in [-0.3, -0.25) is 4.79 Å². The molecule has 2 fully saturated rings. The number of morpholine rings is 1.